The number of aryl methyl sites for hydroxylation is 1. The summed E-state index contributed by atoms with van der Waals surface area (Å²) >= 11 is 3.45. The van der Waals surface area contributed by atoms with Crippen LogP contribution in [0, 0.1) is 0 Å². The van der Waals surface area contributed by atoms with E-state index >= 15 is 0 Å². The first-order chi connectivity index (χ1) is 15.0. The third-order valence-corrected chi connectivity index (χ3v) is 5.30. The molecule has 8 nitrogen and oxygen atoms in total. The number of carbonyl (C=O) groups is 1. The summed E-state index contributed by atoms with van der Waals surface area (Å²) in [5, 5.41) is 11.8. The number of pyridine rings is 1. The van der Waals surface area contributed by atoms with Gasteiger partial charge in [-0.2, -0.15) is 10.2 Å². The van der Waals surface area contributed by atoms with Gasteiger partial charge >= 0.3 is 6.09 Å². The van der Waals surface area contributed by atoms with Gasteiger partial charge in [-0.05, 0) is 51.8 Å². The summed E-state index contributed by atoms with van der Waals surface area (Å²) in [4.78, 5) is 16.0. The molecule has 1 unspecified atom stereocenters. The molecular formula is C22H21BrN6O2. The Morgan fingerprint density at radius 3 is 2.58 bits per heavy atom. The van der Waals surface area contributed by atoms with Crippen LogP contribution in [0.2, 0.25) is 0 Å². The van der Waals surface area contributed by atoms with Crippen LogP contribution in [-0.4, -0.2) is 37.7 Å². The molecule has 3 aromatic heterocycles. The molecule has 9 heteroatoms. The van der Waals surface area contributed by atoms with Crippen molar-refractivity contribution in [3.05, 3.63) is 83.1 Å². The number of ether oxygens (including phenoxy) is 1. The topological polar surface area (TPSA) is 86.9 Å². The number of anilines is 1. The van der Waals surface area contributed by atoms with E-state index in [2.05, 4.69) is 41.2 Å². The van der Waals surface area contributed by atoms with Gasteiger partial charge in [0.15, 0.2) is 0 Å². The molecule has 0 aliphatic rings. The number of amides is 1. The van der Waals surface area contributed by atoms with Gasteiger partial charge in [0.05, 0.1) is 30.7 Å². The zero-order valence-electron chi connectivity index (χ0n) is 17.1. The zero-order chi connectivity index (χ0) is 21.8. The smallest absolute Gasteiger partial charge is 0.411 e. The molecule has 31 heavy (non-hydrogen) atoms. The number of nitrogens with one attached hydrogen (secondary N) is 1. The molecule has 1 atom stereocenters. The van der Waals surface area contributed by atoms with Crippen LogP contribution >= 0.6 is 15.9 Å². The summed E-state index contributed by atoms with van der Waals surface area (Å²) in [7, 11) is 3.24. The van der Waals surface area contributed by atoms with Gasteiger partial charge in [0.1, 0.15) is 0 Å². The number of aromatic nitrogens is 5. The number of rotatable bonds is 6. The summed E-state index contributed by atoms with van der Waals surface area (Å²) in [5.41, 5.74) is 4.48. The van der Waals surface area contributed by atoms with Crippen molar-refractivity contribution in [1.29, 1.82) is 0 Å². The van der Waals surface area contributed by atoms with Crippen LogP contribution < -0.4 is 5.32 Å². The molecule has 0 saturated carbocycles. The Bertz CT molecular complexity index is 1170. The van der Waals surface area contributed by atoms with Crippen LogP contribution in [0.1, 0.15) is 17.4 Å². The van der Waals surface area contributed by atoms with Gasteiger partial charge in [0, 0.05) is 47.8 Å². The summed E-state index contributed by atoms with van der Waals surface area (Å²) in [6, 6.07) is 13.4. The van der Waals surface area contributed by atoms with Crippen LogP contribution in [0.25, 0.3) is 11.1 Å². The van der Waals surface area contributed by atoms with Gasteiger partial charge in [0.2, 0.25) is 0 Å². The van der Waals surface area contributed by atoms with E-state index in [1.54, 1.807) is 10.9 Å². The Morgan fingerprint density at radius 1 is 1.13 bits per heavy atom. The summed E-state index contributed by atoms with van der Waals surface area (Å²) < 4.78 is 9.25. The summed E-state index contributed by atoms with van der Waals surface area (Å²) in [6.07, 6.45) is 7.71. The summed E-state index contributed by atoms with van der Waals surface area (Å²) in [6.45, 7) is 0. The maximum atomic E-state index is 11.4. The molecule has 0 bridgehead atoms. The molecule has 0 aliphatic heterocycles. The van der Waals surface area contributed by atoms with Gasteiger partial charge in [-0.1, -0.05) is 12.1 Å². The van der Waals surface area contributed by atoms with Crippen molar-refractivity contribution in [2.45, 2.75) is 12.5 Å². The first-order valence-corrected chi connectivity index (χ1v) is 10.4. The van der Waals surface area contributed by atoms with Gasteiger partial charge < -0.3 is 4.74 Å². The molecule has 1 N–H and O–H groups in total. The molecule has 1 amide bonds. The predicted molar refractivity (Wildman–Crippen MR) is 121 cm³/mol. The van der Waals surface area contributed by atoms with Crippen molar-refractivity contribution in [3.63, 3.8) is 0 Å². The van der Waals surface area contributed by atoms with Crippen LogP contribution in [0.3, 0.4) is 0 Å². The number of benzene rings is 1. The number of nitrogens with zero attached hydrogens (tertiary/aromatic N) is 5. The third-order valence-electron chi connectivity index (χ3n) is 4.83. The average molecular weight is 481 g/mol. The normalized spacial score (nSPS) is 11.8. The molecular weight excluding hydrogens is 460 g/mol. The van der Waals surface area contributed by atoms with E-state index in [-0.39, 0.29) is 6.04 Å². The van der Waals surface area contributed by atoms with Crippen molar-refractivity contribution < 1.29 is 9.53 Å². The highest BCUT2D eigenvalue weighted by Gasteiger charge is 2.19. The molecule has 4 rings (SSSR count). The van der Waals surface area contributed by atoms with Gasteiger partial charge in [0.25, 0.3) is 0 Å². The molecule has 1 aromatic carbocycles. The molecule has 3 heterocycles. The molecule has 0 fully saturated rings. The molecule has 0 spiro atoms. The fourth-order valence-electron chi connectivity index (χ4n) is 3.26. The monoisotopic (exact) mass is 480 g/mol. The van der Waals surface area contributed by atoms with Gasteiger partial charge in [-0.3, -0.25) is 19.7 Å². The SMILES string of the molecule is COC(=O)Nc1ccc(-c2cnn(C(Cc3ccn(C)n3)c3ccc(Br)cn3)c2)cc1. The standard InChI is InChI=1S/C22H21BrN6O2/c1-28-10-9-19(27-28)11-21(20-8-5-17(23)13-24-20)29-14-16(12-25-29)15-3-6-18(7-4-15)26-22(30)31-2/h3-10,12-14,21H,11H2,1-2H3,(H,26,30). The van der Waals surface area contributed by atoms with E-state index in [1.807, 2.05) is 72.8 Å². The number of hydrogen-bond acceptors (Lipinski definition) is 5. The second-order valence-electron chi connectivity index (χ2n) is 7.00. The third kappa shape index (κ3) is 5.00. The van der Waals surface area contributed by atoms with Crippen molar-refractivity contribution in [1.82, 2.24) is 24.5 Å². The molecule has 0 aliphatic carbocycles. The number of carbonyl (C=O) groups excluding carboxylic acids is 1. The highest BCUT2D eigenvalue weighted by molar-refractivity contribution is 9.10. The Morgan fingerprint density at radius 2 is 1.94 bits per heavy atom. The van der Waals surface area contributed by atoms with E-state index in [9.17, 15) is 4.79 Å². The largest absolute Gasteiger partial charge is 0.453 e. The lowest BCUT2D eigenvalue weighted by Gasteiger charge is -2.16. The lowest BCUT2D eigenvalue weighted by Crippen LogP contribution is -2.16. The Labute approximate surface area is 188 Å². The minimum absolute atomic E-state index is 0.1000. The van der Waals surface area contributed by atoms with E-state index in [0.29, 0.717) is 12.1 Å². The minimum atomic E-state index is -0.500. The van der Waals surface area contributed by atoms with E-state index in [1.165, 1.54) is 7.11 Å². The Kier molecular flexibility index (Phi) is 6.13. The molecule has 0 saturated heterocycles. The highest BCUT2D eigenvalue weighted by atomic mass is 79.9. The van der Waals surface area contributed by atoms with Crippen molar-refractivity contribution in [2.75, 3.05) is 12.4 Å². The highest BCUT2D eigenvalue weighted by Crippen LogP contribution is 2.26. The van der Waals surface area contributed by atoms with Crippen LogP contribution in [0.4, 0.5) is 10.5 Å². The summed E-state index contributed by atoms with van der Waals surface area (Å²) in [5.74, 6) is 0. The Hall–Kier alpha value is -3.46. The first kappa shape index (κ1) is 20.8. The first-order valence-electron chi connectivity index (χ1n) is 9.61. The van der Waals surface area contributed by atoms with E-state index in [4.69, 9.17) is 0 Å². The maximum Gasteiger partial charge on any atom is 0.411 e. The maximum absolute atomic E-state index is 11.4. The second-order valence-corrected chi connectivity index (χ2v) is 7.92. The van der Waals surface area contributed by atoms with E-state index < -0.39 is 6.09 Å². The number of halogens is 1. The van der Waals surface area contributed by atoms with Crippen LogP contribution in [0.15, 0.2) is 71.7 Å². The lowest BCUT2D eigenvalue weighted by atomic mass is 10.1. The lowest BCUT2D eigenvalue weighted by molar-refractivity contribution is 0.187. The second kappa shape index (κ2) is 9.13. The fourth-order valence-corrected chi connectivity index (χ4v) is 3.50. The zero-order valence-corrected chi connectivity index (χ0v) is 18.7. The molecule has 4 aromatic rings. The fraction of sp³-hybridized carbons (Fsp3) is 0.182. The number of hydrogen-bond donors (Lipinski definition) is 1. The average Bonchev–Trinajstić information content (AvgIpc) is 3.42. The van der Waals surface area contributed by atoms with Gasteiger partial charge in [-0.15, -0.1) is 0 Å². The number of methoxy groups -OCH3 is 1. The molecule has 0 radical (unpaired) electrons. The van der Waals surface area contributed by atoms with E-state index in [0.717, 1.165) is 27.0 Å². The van der Waals surface area contributed by atoms with Crippen molar-refractivity contribution in [3.8, 4) is 11.1 Å². The van der Waals surface area contributed by atoms with Gasteiger partial charge in [-0.25, -0.2) is 4.79 Å². The molecule has 158 valence electrons. The van der Waals surface area contributed by atoms with Crippen LogP contribution in [0.5, 0.6) is 0 Å². The minimum Gasteiger partial charge on any atom is -0.453 e. The van der Waals surface area contributed by atoms with Crippen molar-refractivity contribution >= 4 is 27.7 Å². The Balaban J connectivity index is 1.61. The predicted octanol–water partition coefficient (Wildman–Crippen LogP) is 4.45. The van der Waals surface area contributed by atoms with Crippen molar-refractivity contribution in [2.24, 2.45) is 7.05 Å². The quantitative estimate of drug-likeness (QED) is 0.440. The van der Waals surface area contributed by atoms with Crippen LogP contribution in [-0.2, 0) is 18.2 Å².